The number of hydrogen-bond acceptors (Lipinski definition) is 7. The van der Waals surface area contributed by atoms with Crippen LogP contribution in [0.5, 0.6) is 0 Å². The van der Waals surface area contributed by atoms with Crippen molar-refractivity contribution in [2.24, 2.45) is 5.92 Å². The molecule has 8 nitrogen and oxygen atoms in total. The molecule has 0 radical (unpaired) electrons. The van der Waals surface area contributed by atoms with E-state index in [9.17, 15) is 10.2 Å². The Labute approximate surface area is 135 Å². The molecule has 0 aromatic carbocycles. The zero-order valence-electron chi connectivity index (χ0n) is 11.8. The fourth-order valence-corrected chi connectivity index (χ4v) is 3.04. The average molecular weight is 339 g/mol. The van der Waals surface area contributed by atoms with Gasteiger partial charge in [-0.05, 0) is 0 Å². The van der Waals surface area contributed by atoms with Gasteiger partial charge < -0.3 is 25.7 Å². The highest BCUT2D eigenvalue weighted by atomic mass is 32.1. The van der Waals surface area contributed by atoms with Crippen LogP contribution in [0.1, 0.15) is 6.23 Å². The third-order valence-corrected chi connectivity index (χ3v) is 4.25. The van der Waals surface area contributed by atoms with Crippen molar-refractivity contribution in [3.63, 3.8) is 0 Å². The molecule has 1 aliphatic heterocycles. The van der Waals surface area contributed by atoms with E-state index >= 15 is 4.39 Å². The van der Waals surface area contributed by atoms with Crippen molar-refractivity contribution in [3.05, 3.63) is 11.0 Å². The minimum Gasteiger partial charge on any atom is -0.396 e. The van der Waals surface area contributed by atoms with Gasteiger partial charge in [-0.15, -0.1) is 6.42 Å². The van der Waals surface area contributed by atoms with Gasteiger partial charge in [0.05, 0.1) is 31.6 Å². The summed E-state index contributed by atoms with van der Waals surface area (Å²) < 4.78 is 22.4. The number of ether oxygens (including phenoxy) is 1. The Balaban J connectivity index is 2.18. The van der Waals surface area contributed by atoms with Crippen LogP contribution < -0.4 is 5.73 Å². The molecule has 0 amide bonds. The first-order chi connectivity index (χ1) is 11.0. The summed E-state index contributed by atoms with van der Waals surface area (Å²) in [5.74, 6) is 0.978. The molecule has 2 aromatic heterocycles. The number of fused-ring (bicyclic) bond motifs is 1. The lowest BCUT2D eigenvalue weighted by atomic mass is 9.87. The van der Waals surface area contributed by atoms with Gasteiger partial charge in [0.2, 0.25) is 11.6 Å². The first-order valence-electron chi connectivity index (χ1n) is 6.72. The number of aromatic amines is 1. The van der Waals surface area contributed by atoms with Crippen molar-refractivity contribution < 1.29 is 19.3 Å². The third kappa shape index (κ3) is 2.21. The SMILES string of the molecule is C#CC1(F)C(CO)[C@@H](CO)O[C@H]1n1cnc2c(=S)[nH]c(N)nc21. The van der Waals surface area contributed by atoms with Crippen LogP contribution in [0.4, 0.5) is 10.3 Å². The maximum atomic E-state index is 15.3. The Kier molecular flexibility index (Phi) is 3.81. The van der Waals surface area contributed by atoms with E-state index in [1.54, 1.807) is 0 Å². The fraction of sp³-hybridized carbons (Fsp3) is 0.462. The number of aliphatic hydroxyl groups excluding tert-OH is 2. The lowest BCUT2D eigenvalue weighted by Crippen LogP contribution is -2.39. The van der Waals surface area contributed by atoms with Crippen molar-refractivity contribution >= 4 is 29.3 Å². The molecular formula is C13H14FN5O3S. The molecular weight excluding hydrogens is 325 g/mol. The topological polar surface area (TPSA) is 122 Å². The number of H-pyrrole nitrogens is 1. The number of nitrogens with two attached hydrogens (primary N) is 1. The number of nitrogens with one attached hydrogen (secondary N) is 1. The number of alkyl halides is 1. The van der Waals surface area contributed by atoms with Gasteiger partial charge in [-0.1, -0.05) is 18.1 Å². The number of rotatable bonds is 3. The highest BCUT2D eigenvalue weighted by molar-refractivity contribution is 7.71. The van der Waals surface area contributed by atoms with Crippen molar-refractivity contribution in [3.8, 4) is 12.3 Å². The molecule has 2 aromatic rings. The minimum atomic E-state index is -2.35. The van der Waals surface area contributed by atoms with Gasteiger partial charge in [-0.3, -0.25) is 4.57 Å². The van der Waals surface area contributed by atoms with E-state index in [0.717, 1.165) is 0 Å². The summed E-state index contributed by atoms with van der Waals surface area (Å²) in [4.78, 5) is 10.8. The molecule has 0 aliphatic carbocycles. The zero-order valence-corrected chi connectivity index (χ0v) is 12.6. The predicted molar refractivity (Wildman–Crippen MR) is 81.4 cm³/mol. The van der Waals surface area contributed by atoms with Crippen LogP contribution in [0.2, 0.25) is 0 Å². The molecule has 1 aliphatic rings. The number of nitrogen functional groups attached to an aromatic ring is 1. The monoisotopic (exact) mass is 339 g/mol. The largest absolute Gasteiger partial charge is 0.396 e. The highest BCUT2D eigenvalue weighted by Gasteiger charge is 2.57. The van der Waals surface area contributed by atoms with Gasteiger partial charge in [0.25, 0.3) is 0 Å². The molecule has 5 N–H and O–H groups in total. The Hall–Kier alpha value is -2.06. The average Bonchev–Trinajstić information content (AvgIpc) is 3.06. The predicted octanol–water partition coefficient (Wildman–Crippen LogP) is -0.0892. The second-order valence-corrected chi connectivity index (χ2v) is 5.59. The molecule has 1 saturated heterocycles. The Morgan fingerprint density at radius 2 is 2.30 bits per heavy atom. The molecule has 122 valence electrons. The molecule has 2 unspecified atom stereocenters. The number of aromatic nitrogens is 4. The lowest BCUT2D eigenvalue weighted by molar-refractivity contribution is -0.0485. The van der Waals surface area contributed by atoms with Crippen molar-refractivity contribution in [1.29, 1.82) is 0 Å². The van der Waals surface area contributed by atoms with E-state index < -0.39 is 37.1 Å². The Morgan fingerprint density at radius 1 is 1.57 bits per heavy atom. The summed E-state index contributed by atoms with van der Waals surface area (Å²) >= 11 is 5.10. The van der Waals surface area contributed by atoms with Crippen LogP contribution in [0.3, 0.4) is 0 Å². The van der Waals surface area contributed by atoms with Crippen LogP contribution in [0, 0.1) is 22.9 Å². The third-order valence-electron chi connectivity index (χ3n) is 3.95. The van der Waals surface area contributed by atoms with Gasteiger partial charge in [0, 0.05) is 0 Å². The number of hydrogen-bond donors (Lipinski definition) is 4. The van der Waals surface area contributed by atoms with Gasteiger partial charge in [0.15, 0.2) is 11.9 Å². The van der Waals surface area contributed by atoms with Gasteiger partial charge >= 0.3 is 0 Å². The normalized spacial score (nSPS) is 30.6. The molecule has 4 atom stereocenters. The lowest BCUT2D eigenvalue weighted by Gasteiger charge is -2.25. The minimum absolute atomic E-state index is 0.0322. The number of terminal acetylenes is 1. The summed E-state index contributed by atoms with van der Waals surface area (Å²) in [6.07, 6.45) is 4.35. The molecule has 23 heavy (non-hydrogen) atoms. The number of anilines is 1. The first kappa shape index (κ1) is 15.8. The maximum absolute atomic E-state index is 15.3. The second kappa shape index (κ2) is 5.54. The molecule has 10 heteroatoms. The van der Waals surface area contributed by atoms with Crippen LogP contribution >= 0.6 is 12.2 Å². The summed E-state index contributed by atoms with van der Waals surface area (Å²) in [5.41, 5.74) is 3.78. The van der Waals surface area contributed by atoms with E-state index in [1.165, 1.54) is 10.9 Å². The van der Waals surface area contributed by atoms with Gasteiger partial charge in [-0.2, -0.15) is 4.98 Å². The molecule has 3 rings (SSSR count). The Bertz CT molecular complexity index is 846. The second-order valence-electron chi connectivity index (χ2n) is 5.19. The fourth-order valence-electron chi connectivity index (χ4n) is 2.79. The standard InChI is InChI=1S/C13H14FN5O3S/c1-2-13(14)6(3-20)7(4-21)22-11(13)19-5-16-8-9(19)17-12(15)18-10(8)23/h1,5-7,11,20-21H,3-4H2,(H3,15,17,18,23)/t6?,7-,11-,13?/m1/s1. The van der Waals surface area contributed by atoms with E-state index in [-0.39, 0.29) is 16.2 Å². The van der Waals surface area contributed by atoms with Crippen molar-refractivity contribution in [1.82, 2.24) is 19.5 Å². The van der Waals surface area contributed by atoms with E-state index in [4.69, 9.17) is 29.1 Å². The first-order valence-corrected chi connectivity index (χ1v) is 7.13. The zero-order chi connectivity index (χ0) is 16.8. The molecule has 0 saturated carbocycles. The van der Waals surface area contributed by atoms with Crippen LogP contribution in [0.25, 0.3) is 11.2 Å². The van der Waals surface area contributed by atoms with E-state index in [1.807, 2.05) is 5.92 Å². The van der Waals surface area contributed by atoms with E-state index in [2.05, 4.69) is 15.0 Å². The quantitative estimate of drug-likeness (QED) is 0.455. The smallest absolute Gasteiger partial charge is 0.222 e. The number of halogens is 1. The summed E-state index contributed by atoms with van der Waals surface area (Å²) in [6, 6.07) is 0. The molecule has 1 fully saturated rings. The number of aliphatic hydroxyl groups is 2. The van der Waals surface area contributed by atoms with Crippen molar-refractivity contribution in [2.75, 3.05) is 18.9 Å². The summed E-state index contributed by atoms with van der Waals surface area (Å²) in [6.45, 7) is -1.07. The number of imidazole rings is 1. The summed E-state index contributed by atoms with van der Waals surface area (Å²) in [7, 11) is 0. The highest BCUT2D eigenvalue weighted by Crippen LogP contribution is 2.45. The van der Waals surface area contributed by atoms with Gasteiger partial charge in [-0.25, -0.2) is 9.37 Å². The van der Waals surface area contributed by atoms with Crippen LogP contribution in [-0.4, -0.2) is 54.7 Å². The maximum Gasteiger partial charge on any atom is 0.222 e. The molecule has 3 heterocycles. The molecule has 0 spiro atoms. The van der Waals surface area contributed by atoms with Crippen LogP contribution in [-0.2, 0) is 4.74 Å². The van der Waals surface area contributed by atoms with Gasteiger partial charge in [0.1, 0.15) is 10.2 Å². The van der Waals surface area contributed by atoms with Crippen LogP contribution in [0.15, 0.2) is 6.33 Å². The Morgan fingerprint density at radius 3 is 2.91 bits per heavy atom. The summed E-state index contributed by atoms with van der Waals surface area (Å²) in [5, 5.41) is 18.8. The molecule has 0 bridgehead atoms. The number of nitrogens with zero attached hydrogens (tertiary/aromatic N) is 3. The van der Waals surface area contributed by atoms with E-state index in [0.29, 0.717) is 5.52 Å². The van der Waals surface area contributed by atoms with Crippen molar-refractivity contribution in [2.45, 2.75) is 18.0 Å².